The van der Waals surface area contributed by atoms with E-state index in [1.54, 1.807) is 42.5 Å². The summed E-state index contributed by atoms with van der Waals surface area (Å²) >= 11 is 0. The van der Waals surface area contributed by atoms with E-state index in [1.807, 2.05) is 0 Å². The number of para-hydroxylation sites is 1. The van der Waals surface area contributed by atoms with E-state index in [4.69, 9.17) is 4.74 Å². The second kappa shape index (κ2) is 8.33. The normalized spacial score (nSPS) is 10.4. The molecule has 7 nitrogen and oxygen atoms in total. The van der Waals surface area contributed by atoms with E-state index in [0.29, 0.717) is 16.9 Å². The zero-order chi connectivity index (χ0) is 17.4. The molecule has 3 N–H and O–H groups in total. The van der Waals surface area contributed by atoms with E-state index < -0.39 is 11.8 Å². The van der Waals surface area contributed by atoms with Gasteiger partial charge in [-0.2, -0.15) is 5.10 Å². The summed E-state index contributed by atoms with van der Waals surface area (Å²) in [5.41, 5.74) is 3.13. The van der Waals surface area contributed by atoms with Crippen LogP contribution in [-0.2, 0) is 4.79 Å². The quantitative estimate of drug-likeness (QED) is 0.549. The topological polar surface area (TPSA) is 100 Å². The summed E-state index contributed by atoms with van der Waals surface area (Å²) in [6, 6.07) is 13.2. The number of phenols is 1. The van der Waals surface area contributed by atoms with Crippen LogP contribution in [0.1, 0.15) is 15.9 Å². The van der Waals surface area contributed by atoms with Gasteiger partial charge in [-0.1, -0.05) is 18.2 Å². The van der Waals surface area contributed by atoms with Gasteiger partial charge in [0.25, 0.3) is 11.8 Å². The van der Waals surface area contributed by atoms with Gasteiger partial charge in [-0.15, -0.1) is 0 Å². The Hall–Kier alpha value is -3.35. The Morgan fingerprint density at radius 2 is 2.00 bits per heavy atom. The third-order valence-corrected chi connectivity index (χ3v) is 3.07. The average Bonchev–Trinajstić information content (AvgIpc) is 2.61. The van der Waals surface area contributed by atoms with Crippen molar-refractivity contribution in [1.82, 2.24) is 10.7 Å². The summed E-state index contributed by atoms with van der Waals surface area (Å²) in [7, 11) is 1.51. The van der Waals surface area contributed by atoms with Gasteiger partial charge in [0.05, 0.1) is 19.9 Å². The van der Waals surface area contributed by atoms with Crippen LogP contribution in [0.15, 0.2) is 53.6 Å². The van der Waals surface area contributed by atoms with Crippen molar-refractivity contribution in [2.75, 3.05) is 13.7 Å². The molecule has 0 atom stereocenters. The maximum atomic E-state index is 11.9. The minimum absolute atomic E-state index is 0.0572. The van der Waals surface area contributed by atoms with Crippen molar-refractivity contribution < 1.29 is 19.4 Å². The molecule has 2 aromatic rings. The molecule has 0 unspecified atom stereocenters. The first-order valence-corrected chi connectivity index (χ1v) is 7.12. The number of hydrogen-bond acceptors (Lipinski definition) is 5. The Morgan fingerprint density at radius 1 is 1.21 bits per heavy atom. The van der Waals surface area contributed by atoms with Crippen LogP contribution in [0, 0.1) is 0 Å². The molecule has 7 heteroatoms. The fourth-order valence-corrected chi connectivity index (χ4v) is 1.84. The molecule has 0 aromatic heterocycles. The molecule has 0 saturated heterocycles. The van der Waals surface area contributed by atoms with Gasteiger partial charge in [-0.3, -0.25) is 9.59 Å². The van der Waals surface area contributed by atoms with E-state index in [-0.39, 0.29) is 12.3 Å². The van der Waals surface area contributed by atoms with Crippen LogP contribution in [0.5, 0.6) is 11.5 Å². The summed E-state index contributed by atoms with van der Waals surface area (Å²) in [5, 5.41) is 15.8. The smallest absolute Gasteiger partial charge is 0.259 e. The lowest BCUT2D eigenvalue weighted by molar-refractivity contribution is -0.120. The predicted octanol–water partition coefficient (Wildman–Crippen LogP) is 1.28. The second-order valence-electron chi connectivity index (χ2n) is 4.77. The second-order valence-corrected chi connectivity index (χ2v) is 4.77. The van der Waals surface area contributed by atoms with Crippen LogP contribution >= 0.6 is 0 Å². The van der Waals surface area contributed by atoms with Gasteiger partial charge in [-0.25, -0.2) is 5.43 Å². The molecule has 124 valence electrons. The number of nitrogens with zero attached hydrogens (tertiary/aromatic N) is 1. The highest BCUT2D eigenvalue weighted by Crippen LogP contribution is 2.13. The zero-order valence-electron chi connectivity index (χ0n) is 13.0. The van der Waals surface area contributed by atoms with Crippen LogP contribution in [-0.4, -0.2) is 36.8 Å². The Balaban J connectivity index is 1.82. The van der Waals surface area contributed by atoms with Crippen molar-refractivity contribution in [1.29, 1.82) is 0 Å². The largest absolute Gasteiger partial charge is 0.507 e. The van der Waals surface area contributed by atoms with Gasteiger partial charge in [0, 0.05) is 11.1 Å². The highest BCUT2D eigenvalue weighted by molar-refractivity contribution is 5.96. The van der Waals surface area contributed by atoms with Crippen molar-refractivity contribution in [2.24, 2.45) is 5.10 Å². The Bertz CT molecular complexity index is 759. The number of amides is 2. The van der Waals surface area contributed by atoms with Crippen LogP contribution in [0.4, 0.5) is 0 Å². The van der Waals surface area contributed by atoms with Crippen LogP contribution in [0.2, 0.25) is 0 Å². The van der Waals surface area contributed by atoms with Crippen LogP contribution in [0.25, 0.3) is 0 Å². The Labute approximate surface area is 139 Å². The van der Waals surface area contributed by atoms with Crippen molar-refractivity contribution >= 4 is 18.0 Å². The predicted molar refractivity (Wildman–Crippen MR) is 89.2 cm³/mol. The Morgan fingerprint density at radius 3 is 2.75 bits per heavy atom. The SMILES string of the molecule is COc1cccc(C(=O)NCC(=O)N/N=C/c2ccccc2O)c1. The number of hydrogen-bond donors (Lipinski definition) is 3. The zero-order valence-corrected chi connectivity index (χ0v) is 13.0. The van der Waals surface area contributed by atoms with Gasteiger partial charge in [0.15, 0.2) is 0 Å². The third kappa shape index (κ3) is 4.84. The number of benzene rings is 2. The van der Waals surface area contributed by atoms with Gasteiger partial charge >= 0.3 is 0 Å². The first-order chi connectivity index (χ1) is 11.6. The molecule has 0 aliphatic rings. The Kier molecular flexibility index (Phi) is 5.90. The number of phenolic OH excluding ortho intramolecular Hbond substituents is 1. The molecule has 0 spiro atoms. The van der Waals surface area contributed by atoms with E-state index >= 15 is 0 Å². The molecule has 24 heavy (non-hydrogen) atoms. The number of rotatable bonds is 6. The number of ether oxygens (including phenoxy) is 1. The summed E-state index contributed by atoms with van der Waals surface area (Å²) in [4.78, 5) is 23.6. The van der Waals surface area contributed by atoms with E-state index in [0.717, 1.165) is 0 Å². The fraction of sp³-hybridized carbons (Fsp3) is 0.118. The molecule has 0 bridgehead atoms. The molecule has 2 amide bonds. The highest BCUT2D eigenvalue weighted by atomic mass is 16.5. The molecule has 0 aliphatic carbocycles. The van der Waals surface area contributed by atoms with Gasteiger partial charge in [0.1, 0.15) is 11.5 Å². The first kappa shape index (κ1) is 17.0. The van der Waals surface area contributed by atoms with Crippen molar-refractivity contribution in [3.05, 3.63) is 59.7 Å². The van der Waals surface area contributed by atoms with Crippen molar-refractivity contribution in [3.8, 4) is 11.5 Å². The molecule has 0 fully saturated rings. The molecular formula is C17H17N3O4. The lowest BCUT2D eigenvalue weighted by Gasteiger charge is -2.06. The summed E-state index contributed by atoms with van der Waals surface area (Å²) in [6.45, 7) is -0.228. The molecule has 0 heterocycles. The van der Waals surface area contributed by atoms with Gasteiger partial charge in [-0.05, 0) is 30.3 Å². The minimum Gasteiger partial charge on any atom is -0.507 e. The molecule has 0 saturated carbocycles. The highest BCUT2D eigenvalue weighted by Gasteiger charge is 2.08. The molecule has 2 aromatic carbocycles. The maximum Gasteiger partial charge on any atom is 0.259 e. The maximum absolute atomic E-state index is 11.9. The van der Waals surface area contributed by atoms with Crippen LogP contribution in [0.3, 0.4) is 0 Å². The standard InChI is InChI=1S/C17H17N3O4/c1-24-14-7-4-6-12(9-14)17(23)18-11-16(22)20-19-10-13-5-2-3-8-15(13)21/h2-10,21H,11H2,1H3,(H,18,23)(H,20,22)/b19-10+. The summed E-state index contributed by atoms with van der Waals surface area (Å²) in [6.07, 6.45) is 1.32. The van der Waals surface area contributed by atoms with Crippen molar-refractivity contribution in [2.45, 2.75) is 0 Å². The number of aromatic hydroxyl groups is 1. The van der Waals surface area contributed by atoms with Gasteiger partial charge in [0.2, 0.25) is 0 Å². The van der Waals surface area contributed by atoms with Gasteiger partial charge < -0.3 is 15.2 Å². The monoisotopic (exact) mass is 327 g/mol. The van der Waals surface area contributed by atoms with E-state index in [1.165, 1.54) is 19.4 Å². The van der Waals surface area contributed by atoms with Crippen LogP contribution < -0.4 is 15.5 Å². The number of methoxy groups -OCH3 is 1. The summed E-state index contributed by atoms with van der Waals surface area (Å²) in [5.74, 6) is -0.271. The lowest BCUT2D eigenvalue weighted by atomic mass is 10.2. The third-order valence-electron chi connectivity index (χ3n) is 3.07. The first-order valence-electron chi connectivity index (χ1n) is 7.12. The molecule has 0 aliphatic heterocycles. The lowest BCUT2D eigenvalue weighted by Crippen LogP contribution is -2.34. The number of carbonyl (C=O) groups is 2. The van der Waals surface area contributed by atoms with E-state index in [9.17, 15) is 14.7 Å². The number of hydrazone groups is 1. The molecular weight excluding hydrogens is 310 g/mol. The number of carbonyl (C=O) groups excluding carboxylic acids is 2. The van der Waals surface area contributed by atoms with E-state index in [2.05, 4.69) is 15.8 Å². The van der Waals surface area contributed by atoms with Crippen molar-refractivity contribution in [3.63, 3.8) is 0 Å². The summed E-state index contributed by atoms with van der Waals surface area (Å²) < 4.78 is 5.04. The fourth-order valence-electron chi connectivity index (χ4n) is 1.84. The number of nitrogens with one attached hydrogen (secondary N) is 2. The minimum atomic E-state index is -0.488. The molecule has 0 radical (unpaired) electrons. The molecule has 2 rings (SSSR count). The average molecular weight is 327 g/mol.